The van der Waals surface area contributed by atoms with Gasteiger partial charge in [0.25, 0.3) is 0 Å². The van der Waals surface area contributed by atoms with Gasteiger partial charge < -0.3 is 15.2 Å². The minimum absolute atomic E-state index is 0.0238. The van der Waals surface area contributed by atoms with E-state index in [-0.39, 0.29) is 18.5 Å². The second kappa shape index (κ2) is 12.6. The van der Waals surface area contributed by atoms with E-state index in [0.29, 0.717) is 21.3 Å². The Kier molecular flexibility index (Phi) is 8.71. The molecular formula is C31H28N4O6S2. The number of carbonyl (C=O) groups excluding carboxylic acids is 1. The lowest BCUT2D eigenvalue weighted by atomic mass is 9.77. The van der Waals surface area contributed by atoms with Crippen LogP contribution in [0, 0.1) is 0 Å². The molecule has 0 saturated carbocycles. The smallest absolute Gasteiger partial charge is 0.421 e. The number of nitrogens with zero attached hydrogens (tertiary/aromatic N) is 1. The van der Waals surface area contributed by atoms with Gasteiger partial charge in [-0.3, -0.25) is 4.99 Å². The van der Waals surface area contributed by atoms with E-state index in [1.807, 2.05) is 91.0 Å². The van der Waals surface area contributed by atoms with Gasteiger partial charge in [0.15, 0.2) is 0 Å². The minimum Gasteiger partial charge on any atom is -0.478 e. The molecule has 12 heteroatoms. The summed E-state index contributed by atoms with van der Waals surface area (Å²) in [5, 5.41) is 13.4. The molecule has 0 unspecified atom stereocenters. The van der Waals surface area contributed by atoms with Gasteiger partial charge in [-0.25, -0.2) is 14.3 Å². The van der Waals surface area contributed by atoms with Crippen LogP contribution in [0.25, 0.3) is 6.08 Å². The number of carbonyl (C=O) groups is 2. The van der Waals surface area contributed by atoms with Crippen LogP contribution >= 0.6 is 11.3 Å². The van der Waals surface area contributed by atoms with Crippen LogP contribution in [0.1, 0.15) is 32.9 Å². The number of rotatable bonds is 9. The maximum atomic E-state index is 12.3. The number of anilines is 1. The summed E-state index contributed by atoms with van der Waals surface area (Å²) < 4.78 is 32.7. The molecule has 5 rings (SSSR count). The number of hydrogen-bond donors (Lipinski definition) is 4. The highest BCUT2D eigenvalue weighted by Crippen LogP contribution is 2.42. The van der Waals surface area contributed by atoms with E-state index in [2.05, 4.69) is 14.8 Å². The fourth-order valence-corrected chi connectivity index (χ4v) is 6.67. The van der Waals surface area contributed by atoms with Crippen LogP contribution in [-0.2, 0) is 31.8 Å². The Labute approximate surface area is 253 Å². The number of fused-ring (bicyclic) bond motifs is 1. The molecule has 0 radical (unpaired) electrons. The summed E-state index contributed by atoms with van der Waals surface area (Å²) in [7, 11) is -3.12. The molecule has 43 heavy (non-hydrogen) atoms. The van der Waals surface area contributed by atoms with E-state index in [1.54, 1.807) is 16.9 Å². The molecule has 1 aromatic heterocycles. The van der Waals surface area contributed by atoms with Crippen LogP contribution in [0.15, 0.2) is 108 Å². The topological polar surface area (TPSA) is 146 Å². The standard InChI is InChI=1S/C31H28N4O6S2/c1-41-30(38)35-43(39,40)32-20-25-19-26-27(42-25)17-21(29(36)37)18-28(33-26)34-31(22-11-5-2-6-12-22,23-13-7-3-8-14-23)24-15-9-4-10-16-24/h2-17,19,32H,18,20H2,1H3,(H,33,34)(H,35,38)(H,36,37). The molecule has 4 N–H and O–H groups in total. The lowest BCUT2D eigenvalue weighted by molar-refractivity contribution is -0.132. The van der Waals surface area contributed by atoms with Gasteiger partial charge in [0.05, 0.1) is 17.7 Å². The third kappa shape index (κ3) is 6.67. The molecular weight excluding hydrogens is 588 g/mol. The zero-order chi connectivity index (χ0) is 30.5. The number of benzene rings is 3. The van der Waals surface area contributed by atoms with Crippen molar-refractivity contribution in [1.82, 2.24) is 9.44 Å². The molecule has 1 aliphatic rings. The summed E-state index contributed by atoms with van der Waals surface area (Å²) in [4.78, 5) is 30.2. The van der Waals surface area contributed by atoms with Gasteiger partial charge in [-0.05, 0) is 28.8 Å². The fraction of sp³-hybridized carbons (Fsp3) is 0.129. The van der Waals surface area contributed by atoms with Gasteiger partial charge in [-0.15, -0.1) is 11.3 Å². The second-order valence-electron chi connectivity index (χ2n) is 9.55. The second-order valence-corrected chi connectivity index (χ2v) is 12.2. The molecule has 0 aliphatic carbocycles. The van der Waals surface area contributed by atoms with Gasteiger partial charge in [0, 0.05) is 23.4 Å². The highest BCUT2D eigenvalue weighted by Gasteiger charge is 2.37. The number of methoxy groups -OCH3 is 1. The SMILES string of the molecule is COC(=O)NS(=O)(=O)NCc1cc2c(s1)C=C(C(=O)O)CC(=NC(c1ccccc1)(c1ccccc1)c1ccccc1)N2. The van der Waals surface area contributed by atoms with Crippen molar-refractivity contribution in [2.45, 2.75) is 18.5 Å². The van der Waals surface area contributed by atoms with Gasteiger partial charge in [-0.2, -0.15) is 13.1 Å². The van der Waals surface area contributed by atoms with Crippen LogP contribution in [0.5, 0.6) is 0 Å². The van der Waals surface area contributed by atoms with Crippen molar-refractivity contribution in [2.75, 3.05) is 12.4 Å². The summed E-state index contributed by atoms with van der Waals surface area (Å²) in [5.74, 6) is -0.675. The molecule has 220 valence electrons. The molecule has 0 saturated heterocycles. The van der Waals surface area contributed by atoms with Crippen molar-refractivity contribution in [3.8, 4) is 0 Å². The third-order valence-corrected chi connectivity index (χ3v) is 8.79. The third-order valence-electron chi connectivity index (χ3n) is 6.75. The number of aliphatic carboxylic acids is 1. The Hall–Kier alpha value is -4.78. The number of carboxylic acid groups (broad SMARTS) is 1. The molecule has 0 spiro atoms. The first-order valence-electron chi connectivity index (χ1n) is 13.1. The molecule has 10 nitrogen and oxygen atoms in total. The summed E-state index contributed by atoms with van der Waals surface area (Å²) in [6.45, 7) is -0.142. The molecule has 1 amide bonds. The first kappa shape index (κ1) is 29.7. The minimum atomic E-state index is -4.17. The maximum Gasteiger partial charge on any atom is 0.421 e. The van der Waals surface area contributed by atoms with Crippen LogP contribution in [0.2, 0.25) is 0 Å². The zero-order valence-electron chi connectivity index (χ0n) is 23.0. The van der Waals surface area contributed by atoms with Crippen molar-refractivity contribution < 1.29 is 27.9 Å². The monoisotopic (exact) mass is 616 g/mol. The van der Waals surface area contributed by atoms with Crippen molar-refractivity contribution in [3.63, 3.8) is 0 Å². The van der Waals surface area contributed by atoms with Gasteiger partial charge in [0.2, 0.25) is 0 Å². The lowest BCUT2D eigenvalue weighted by Gasteiger charge is -2.33. The highest BCUT2D eigenvalue weighted by molar-refractivity contribution is 7.88. The Balaban J connectivity index is 1.61. The number of hydrogen-bond acceptors (Lipinski definition) is 7. The number of aliphatic imine (C=N–C) groups is 1. The van der Waals surface area contributed by atoms with Crippen LogP contribution in [-0.4, -0.2) is 38.5 Å². The average molecular weight is 617 g/mol. The van der Waals surface area contributed by atoms with Crippen LogP contribution < -0.4 is 14.8 Å². The van der Waals surface area contributed by atoms with Crippen LogP contribution in [0.3, 0.4) is 0 Å². The normalized spacial score (nSPS) is 14.2. The zero-order valence-corrected chi connectivity index (χ0v) is 24.6. The largest absolute Gasteiger partial charge is 0.478 e. The first-order chi connectivity index (χ1) is 20.7. The molecule has 0 atom stereocenters. The fourth-order valence-electron chi connectivity index (χ4n) is 4.83. The average Bonchev–Trinajstić information content (AvgIpc) is 3.31. The van der Waals surface area contributed by atoms with E-state index in [1.165, 1.54) is 11.3 Å². The lowest BCUT2D eigenvalue weighted by Crippen LogP contribution is -2.39. The number of thiophene rings is 1. The summed E-state index contributed by atoms with van der Waals surface area (Å²) >= 11 is 1.22. The van der Waals surface area contributed by atoms with E-state index < -0.39 is 27.8 Å². The molecule has 0 fully saturated rings. The van der Waals surface area contributed by atoms with E-state index in [9.17, 15) is 23.1 Å². The van der Waals surface area contributed by atoms with E-state index in [4.69, 9.17) is 4.99 Å². The van der Waals surface area contributed by atoms with Crippen molar-refractivity contribution in [1.29, 1.82) is 0 Å². The first-order valence-corrected chi connectivity index (χ1v) is 15.4. The van der Waals surface area contributed by atoms with Gasteiger partial charge >= 0.3 is 22.3 Å². The molecule has 2 heterocycles. The molecule has 1 aliphatic heterocycles. The molecule has 0 bridgehead atoms. The van der Waals surface area contributed by atoms with Crippen molar-refractivity contribution >= 4 is 51.2 Å². The number of nitrogens with one attached hydrogen (secondary N) is 3. The summed E-state index contributed by atoms with van der Waals surface area (Å²) in [5.41, 5.74) is 2.36. The number of amides is 1. The predicted octanol–water partition coefficient (Wildman–Crippen LogP) is 5.11. The van der Waals surface area contributed by atoms with Gasteiger partial charge in [0.1, 0.15) is 11.4 Å². The molecule has 3 aromatic carbocycles. The van der Waals surface area contributed by atoms with Gasteiger partial charge in [-0.1, -0.05) is 91.0 Å². The Morgan fingerprint density at radius 3 is 1.98 bits per heavy atom. The summed E-state index contributed by atoms with van der Waals surface area (Å²) in [6, 6.07) is 31.2. The highest BCUT2D eigenvalue weighted by atomic mass is 32.2. The van der Waals surface area contributed by atoms with Crippen LogP contribution in [0.4, 0.5) is 10.5 Å². The van der Waals surface area contributed by atoms with Crippen molar-refractivity contribution in [2.24, 2.45) is 4.99 Å². The van der Waals surface area contributed by atoms with Crippen molar-refractivity contribution in [3.05, 3.63) is 129 Å². The quantitative estimate of drug-likeness (QED) is 0.191. The number of ether oxygens (including phenoxy) is 1. The Bertz CT molecular complexity index is 1690. The van der Waals surface area contributed by atoms with E-state index in [0.717, 1.165) is 23.8 Å². The Morgan fingerprint density at radius 2 is 1.49 bits per heavy atom. The number of amidine groups is 1. The predicted molar refractivity (Wildman–Crippen MR) is 166 cm³/mol. The Morgan fingerprint density at radius 1 is 0.953 bits per heavy atom. The summed E-state index contributed by atoms with van der Waals surface area (Å²) in [6.07, 6.45) is 0.470. The van der Waals surface area contributed by atoms with E-state index >= 15 is 0 Å². The molecule has 4 aromatic rings. The number of carboxylic acids is 1. The maximum absolute atomic E-state index is 12.3.